The van der Waals surface area contributed by atoms with Crippen LogP contribution in [0.2, 0.25) is 0 Å². The van der Waals surface area contributed by atoms with Gasteiger partial charge in [-0.05, 0) is 25.2 Å². The molecule has 0 spiro atoms. The summed E-state index contributed by atoms with van der Waals surface area (Å²) >= 11 is 0. The van der Waals surface area contributed by atoms with Crippen LogP contribution in [0.4, 0.5) is 0 Å². The predicted molar refractivity (Wildman–Crippen MR) is 46.9 cm³/mol. The number of hydrogen-bond donors (Lipinski definition) is 2. The minimum Gasteiger partial charge on any atom is -0.359 e. The topological polar surface area (TPSA) is 57.5 Å². The van der Waals surface area contributed by atoms with Crippen molar-refractivity contribution in [1.82, 2.24) is 0 Å². The van der Waals surface area contributed by atoms with Gasteiger partial charge in [0.1, 0.15) is 0 Å². The number of aliphatic hydroxyl groups is 2. The van der Waals surface area contributed by atoms with Gasteiger partial charge in [0.15, 0.2) is 5.78 Å². The Hall–Kier alpha value is -0.410. The fourth-order valence-electron chi connectivity index (χ4n) is 2.79. The SMILES string of the molecule is O=C1CCC2CCCCC2C1(O)O. The molecule has 2 aliphatic rings. The van der Waals surface area contributed by atoms with Crippen molar-refractivity contribution >= 4 is 5.78 Å². The fraction of sp³-hybridized carbons (Fsp3) is 0.900. The van der Waals surface area contributed by atoms with E-state index in [1.165, 1.54) is 6.42 Å². The molecular weight excluding hydrogens is 168 g/mol. The van der Waals surface area contributed by atoms with E-state index >= 15 is 0 Å². The lowest BCUT2D eigenvalue weighted by molar-refractivity contribution is -0.224. The van der Waals surface area contributed by atoms with Crippen LogP contribution in [-0.2, 0) is 4.79 Å². The number of fused-ring (bicyclic) bond motifs is 1. The molecule has 0 aromatic carbocycles. The Morgan fingerprint density at radius 2 is 1.85 bits per heavy atom. The zero-order valence-corrected chi connectivity index (χ0v) is 7.70. The summed E-state index contributed by atoms with van der Waals surface area (Å²) in [6.45, 7) is 0. The first-order chi connectivity index (χ1) is 6.12. The van der Waals surface area contributed by atoms with Crippen LogP contribution >= 0.6 is 0 Å². The highest BCUT2D eigenvalue weighted by Crippen LogP contribution is 2.43. The van der Waals surface area contributed by atoms with Crippen LogP contribution in [0.15, 0.2) is 0 Å². The molecule has 3 heteroatoms. The summed E-state index contributed by atoms with van der Waals surface area (Å²) in [7, 11) is 0. The highest BCUT2D eigenvalue weighted by atomic mass is 16.5. The Labute approximate surface area is 77.8 Å². The molecule has 2 rings (SSSR count). The third-order valence-electron chi connectivity index (χ3n) is 3.58. The van der Waals surface area contributed by atoms with Gasteiger partial charge in [0.2, 0.25) is 5.79 Å². The number of carbonyl (C=O) groups is 1. The van der Waals surface area contributed by atoms with Gasteiger partial charge < -0.3 is 10.2 Å². The van der Waals surface area contributed by atoms with Crippen LogP contribution < -0.4 is 0 Å². The van der Waals surface area contributed by atoms with Gasteiger partial charge in [-0.3, -0.25) is 4.79 Å². The Bertz CT molecular complexity index is 222. The number of carbonyl (C=O) groups excluding carboxylic acids is 1. The second-order valence-electron chi connectivity index (χ2n) is 4.34. The van der Waals surface area contributed by atoms with E-state index in [2.05, 4.69) is 0 Å². The fourth-order valence-corrected chi connectivity index (χ4v) is 2.79. The zero-order valence-electron chi connectivity index (χ0n) is 7.70. The molecule has 2 N–H and O–H groups in total. The molecule has 2 unspecified atom stereocenters. The van der Waals surface area contributed by atoms with E-state index in [0.717, 1.165) is 25.7 Å². The van der Waals surface area contributed by atoms with E-state index in [-0.39, 0.29) is 11.7 Å². The summed E-state index contributed by atoms with van der Waals surface area (Å²) in [5.74, 6) is -2.22. The van der Waals surface area contributed by atoms with Crippen molar-refractivity contribution in [2.75, 3.05) is 0 Å². The van der Waals surface area contributed by atoms with Crippen molar-refractivity contribution in [3.63, 3.8) is 0 Å². The van der Waals surface area contributed by atoms with Crippen molar-refractivity contribution in [2.45, 2.75) is 44.3 Å². The van der Waals surface area contributed by atoms with Gasteiger partial charge in [0.25, 0.3) is 0 Å². The van der Waals surface area contributed by atoms with Crippen LogP contribution in [0.25, 0.3) is 0 Å². The lowest BCUT2D eigenvalue weighted by atomic mass is 9.67. The van der Waals surface area contributed by atoms with Crippen LogP contribution in [0.5, 0.6) is 0 Å². The summed E-state index contributed by atoms with van der Waals surface area (Å²) in [5.41, 5.74) is 0. The van der Waals surface area contributed by atoms with Gasteiger partial charge in [0, 0.05) is 12.3 Å². The molecular formula is C10H16O3. The van der Waals surface area contributed by atoms with Gasteiger partial charge in [-0.15, -0.1) is 0 Å². The van der Waals surface area contributed by atoms with Crippen molar-refractivity contribution in [3.8, 4) is 0 Å². The maximum Gasteiger partial charge on any atom is 0.227 e. The molecule has 0 aromatic rings. The molecule has 2 fully saturated rings. The maximum atomic E-state index is 11.3. The molecule has 2 aliphatic carbocycles. The van der Waals surface area contributed by atoms with Crippen molar-refractivity contribution in [3.05, 3.63) is 0 Å². The lowest BCUT2D eigenvalue weighted by Gasteiger charge is -2.42. The average molecular weight is 184 g/mol. The Morgan fingerprint density at radius 3 is 2.62 bits per heavy atom. The molecule has 2 saturated carbocycles. The van der Waals surface area contributed by atoms with E-state index in [1.807, 2.05) is 0 Å². The second kappa shape index (κ2) is 3.07. The lowest BCUT2D eigenvalue weighted by Crippen LogP contribution is -2.53. The standard InChI is InChI=1S/C10H16O3/c11-9-6-5-7-3-1-2-4-8(7)10(9,12)13/h7-8,12-13H,1-6H2. The van der Waals surface area contributed by atoms with Crippen molar-refractivity contribution in [2.24, 2.45) is 11.8 Å². The number of ketones is 1. The monoisotopic (exact) mass is 184 g/mol. The number of rotatable bonds is 0. The Kier molecular flexibility index (Phi) is 2.16. The average Bonchev–Trinajstić information content (AvgIpc) is 2.13. The van der Waals surface area contributed by atoms with E-state index < -0.39 is 5.79 Å². The smallest absolute Gasteiger partial charge is 0.227 e. The Morgan fingerprint density at radius 1 is 1.15 bits per heavy atom. The number of Topliss-reactive ketones (excluding diaryl/α,β-unsaturated/α-hetero) is 1. The van der Waals surface area contributed by atoms with Gasteiger partial charge in [0.05, 0.1) is 0 Å². The summed E-state index contributed by atoms with van der Waals surface area (Å²) in [6, 6.07) is 0. The van der Waals surface area contributed by atoms with Crippen molar-refractivity contribution in [1.29, 1.82) is 0 Å². The summed E-state index contributed by atoms with van der Waals surface area (Å²) in [5, 5.41) is 19.3. The summed E-state index contributed by atoms with van der Waals surface area (Å²) in [6.07, 6.45) is 5.24. The van der Waals surface area contributed by atoms with Crippen LogP contribution in [0.1, 0.15) is 38.5 Å². The van der Waals surface area contributed by atoms with E-state index in [1.54, 1.807) is 0 Å². The quantitative estimate of drug-likeness (QED) is 0.548. The van der Waals surface area contributed by atoms with E-state index in [9.17, 15) is 15.0 Å². The predicted octanol–water partition coefficient (Wildman–Crippen LogP) is 0.837. The minimum atomic E-state index is -2.01. The molecule has 0 bridgehead atoms. The van der Waals surface area contributed by atoms with Crippen molar-refractivity contribution < 1.29 is 15.0 Å². The van der Waals surface area contributed by atoms with Gasteiger partial charge in [-0.2, -0.15) is 0 Å². The van der Waals surface area contributed by atoms with E-state index in [4.69, 9.17) is 0 Å². The first kappa shape index (κ1) is 9.16. The van der Waals surface area contributed by atoms with E-state index in [0.29, 0.717) is 12.3 Å². The molecule has 0 radical (unpaired) electrons. The highest BCUT2D eigenvalue weighted by molar-refractivity contribution is 5.86. The minimum absolute atomic E-state index is 0.192. The Balaban J connectivity index is 2.19. The normalized spacial score (nSPS) is 38.5. The second-order valence-corrected chi connectivity index (χ2v) is 4.34. The first-order valence-electron chi connectivity index (χ1n) is 5.10. The molecule has 0 aromatic heterocycles. The maximum absolute atomic E-state index is 11.3. The summed E-state index contributed by atoms with van der Waals surface area (Å²) in [4.78, 5) is 11.3. The molecule has 13 heavy (non-hydrogen) atoms. The molecule has 3 nitrogen and oxygen atoms in total. The van der Waals surface area contributed by atoms with Gasteiger partial charge >= 0.3 is 0 Å². The molecule has 74 valence electrons. The van der Waals surface area contributed by atoms with Gasteiger partial charge in [-0.1, -0.05) is 12.8 Å². The first-order valence-corrected chi connectivity index (χ1v) is 5.10. The molecule has 0 saturated heterocycles. The summed E-state index contributed by atoms with van der Waals surface area (Å²) < 4.78 is 0. The zero-order chi connectivity index (χ0) is 9.47. The van der Waals surface area contributed by atoms with Crippen LogP contribution in [0, 0.1) is 11.8 Å². The molecule has 0 amide bonds. The molecule has 2 atom stereocenters. The largest absolute Gasteiger partial charge is 0.359 e. The van der Waals surface area contributed by atoms with Gasteiger partial charge in [-0.25, -0.2) is 0 Å². The third-order valence-corrected chi connectivity index (χ3v) is 3.58. The van der Waals surface area contributed by atoms with Crippen LogP contribution in [0.3, 0.4) is 0 Å². The molecule has 0 heterocycles. The van der Waals surface area contributed by atoms with Crippen LogP contribution in [-0.4, -0.2) is 21.8 Å². The third kappa shape index (κ3) is 1.40. The highest BCUT2D eigenvalue weighted by Gasteiger charge is 2.49. The molecule has 0 aliphatic heterocycles. The number of hydrogen-bond acceptors (Lipinski definition) is 3.